The number of oxazole rings is 1. The van der Waals surface area contributed by atoms with Crippen LogP contribution in [-0.4, -0.2) is 28.7 Å². The van der Waals surface area contributed by atoms with Gasteiger partial charge >= 0.3 is 6.03 Å². The second kappa shape index (κ2) is 6.82. The molecule has 8 heteroatoms. The minimum atomic E-state index is -0.514. The van der Waals surface area contributed by atoms with E-state index in [-0.39, 0.29) is 11.8 Å². The topological polar surface area (TPSA) is 84.2 Å². The predicted octanol–water partition coefficient (Wildman–Crippen LogP) is 2.81. The van der Waals surface area contributed by atoms with E-state index in [2.05, 4.69) is 15.6 Å². The normalized spacial score (nSPS) is 10.9. The van der Waals surface area contributed by atoms with Crippen LogP contribution in [0.3, 0.4) is 0 Å². The van der Waals surface area contributed by atoms with Gasteiger partial charge in [-0.05, 0) is 26.0 Å². The molecule has 0 unspecified atom stereocenters. The van der Waals surface area contributed by atoms with Gasteiger partial charge in [0.1, 0.15) is 5.52 Å². The summed E-state index contributed by atoms with van der Waals surface area (Å²) in [6, 6.07) is 4.56. The molecular weight excluding hydrogens is 314 g/mol. The van der Waals surface area contributed by atoms with E-state index in [1.807, 2.05) is 13.8 Å². The number of nitrogens with one attached hydrogen (secondary N) is 2. The summed E-state index contributed by atoms with van der Waals surface area (Å²) < 4.78 is 5.46. The Morgan fingerprint density at radius 3 is 2.90 bits per heavy atom. The summed E-state index contributed by atoms with van der Waals surface area (Å²) in [5, 5.41) is 5.70. The number of thioether (sulfide) groups is 1. The molecule has 0 aliphatic rings. The zero-order valence-corrected chi connectivity index (χ0v) is 13.0. The molecule has 21 heavy (non-hydrogen) atoms. The van der Waals surface area contributed by atoms with Crippen LogP contribution in [0.2, 0.25) is 5.02 Å². The number of rotatable bonds is 4. The average molecular weight is 328 g/mol. The fourth-order valence-corrected chi connectivity index (χ4v) is 2.33. The first-order valence-corrected chi connectivity index (χ1v) is 7.59. The molecule has 0 atom stereocenters. The maximum absolute atomic E-state index is 11.6. The molecule has 0 spiro atoms. The van der Waals surface area contributed by atoms with Crippen molar-refractivity contribution >= 4 is 46.4 Å². The van der Waals surface area contributed by atoms with Crippen molar-refractivity contribution in [2.75, 3.05) is 5.75 Å². The molecule has 0 aliphatic heterocycles. The molecular formula is C13H14ClN3O3S. The zero-order chi connectivity index (χ0) is 15.4. The van der Waals surface area contributed by atoms with E-state index in [1.54, 1.807) is 18.2 Å². The molecule has 1 heterocycles. The smallest absolute Gasteiger partial charge is 0.321 e. The Labute approximate surface area is 130 Å². The number of urea groups is 1. The summed E-state index contributed by atoms with van der Waals surface area (Å²) >= 11 is 6.96. The van der Waals surface area contributed by atoms with Crippen LogP contribution in [0.4, 0.5) is 4.79 Å². The van der Waals surface area contributed by atoms with Crippen molar-refractivity contribution in [1.82, 2.24) is 15.6 Å². The number of carbonyl (C=O) groups is 2. The Morgan fingerprint density at radius 2 is 2.19 bits per heavy atom. The minimum Gasteiger partial charge on any atom is -0.431 e. The molecule has 0 bridgehead atoms. The lowest BCUT2D eigenvalue weighted by Crippen LogP contribution is -2.43. The summed E-state index contributed by atoms with van der Waals surface area (Å²) in [4.78, 5) is 27.2. The van der Waals surface area contributed by atoms with E-state index < -0.39 is 11.9 Å². The van der Waals surface area contributed by atoms with Gasteiger partial charge in [0, 0.05) is 17.1 Å². The third kappa shape index (κ3) is 4.64. The van der Waals surface area contributed by atoms with Gasteiger partial charge in [-0.1, -0.05) is 23.4 Å². The van der Waals surface area contributed by atoms with E-state index in [9.17, 15) is 9.59 Å². The van der Waals surface area contributed by atoms with Crippen LogP contribution in [0.15, 0.2) is 27.8 Å². The number of halogens is 1. The van der Waals surface area contributed by atoms with E-state index in [0.717, 1.165) is 11.8 Å². The van der Waals surface area contributed by atoms with E-state index in [4.69, 9.17) is 16.0 Å². The van der Waals surface area contributed by atoms with Gasteiger partial charge in [0.15, 0.2) is 5.58 Å². The molecule has 1 aromatic heterocycles. The molecule has 2 rings (SSSR count). The van der Waals surface area contributed by atoms with Crippen LogP contribution in [0.5, 0.6) is 0 Å². The summed E-state index contributed by atoms with van der Waals surface area (Å²) in [6.07, 6.45) is 0. The first-order valence-electron chi connectivity index (χ1n) is 6.23. The van der Waals surface area contributed by atoms with Gasteiger partial charge < -0.3 is 9.73 Å². The third-order valence-corrected chi connectivity index (χ3v) is 3.39. The molecule has 2 N–H and O–H groups in total. The lowest BCUT2D eigenvalue weighted by Gasteiger charge is -2.08. The quantitative estimate of drug-likeness (QED) is 0.843. The fraction of sp³-hybridized carbons (Fsp3) is 0.308. The fourth-order valence-electron chi connectivity index (χ4n) is 1.53. The highest BCUT2D eigenvalue weighted by molar-refractivity contribution is 7.99. The number of carbonyl (C=O) groups excluding carboxylic acids is 2. The SMILES string of the molecule is CC(C)NC(=O)NC(=O)CSc1nc2ccc(Cl)cc2o1. The molecule has 6 nitrogen and oxygen atoms in total. The van der Waals surface area contributed by atoms with Crippen LogP contribution in [0.25, 0.3) is 11.1 Å². The lowest BCUT2D eigenvalue weighted by molar-refractivity contribution is -0.117. The van der Waals surface area contributed by atoms with E-state index in [1.165, 1.54) is 0 Å². The number of benzene rings is 1. The van der Waals surface area contributed by atoms with Crippen LogP contribution in [-0.2, 0) is 4.79 Å². The van der Waals surface area contributed by atoms with Crippen LogP contribution >= 0.6 is 23.4 Å². The second-order valence-corrected chi connectivity index (χ2v) is 5.92. The number of imide groups is 1. The van der Waals surface area contributed by atoms with Gasteiger partial charge in [-0.2, -0.15) is 0 Å². The van der Waals surface area contributed by atoms with Gasteiger partial charge in [0.2, 0.25) is 5.91 Å². The number of nitrogens with zero attached hydrogens (tertiary/aromatic N) is 1. The van der Waals surface area contributed by atoms with Crippen molar-refractivity contribution in [3.05, 3.63) is 23.2 Å². The summed E-state index contributed by atoms with van der Waals surface area (Å²) in [5.41, 5.74) is 1.22. The van der Waals surface area contributed by atoms with E-state index in [0.29, 0.717) is 21.3 Å². The molecule has 0 fully saturated rings. The molecule has 1 aromatic carbocycles. The Hall–Kier alpha value is -1.73. The Balaban J connectivity index is 1.89. The van der Waals surface area contributed by atoms with Crippen molar-refractivity contribution in [2.24, 2.45) is 0 Å². The number of amides is 3. The van der Waals surface area contributed by atoms with Crippen molar-refractivity contribution in [3.63, 3.8) is 0 Å². The zero-order valence-electron chi connectivity index (χ0n) is 11.5. The largest absolute Gasteiger partial charge is 0.431 e. The number of hydrogen-bond acceptors (Lipinski definition) is 5. The maximum atomic E-state index is 11.6. The number of aromatic nitrogens is 1. The first kappa shape index (κ1) is 15.7. The molecule has 2 aromatic rings. The second-order valence-electron chi connectivity index (χ2n) is 4.56. The van der Waals surface area contributed by atoms with Crippen molar-refractivity contribution in [1.29, 1.82) is 0 Å². The van der Waals surface area contributed by atoms with Gasteiger partial charge in [-0.15, -0.1) is 0 Å². The number of fused-ring (bicyclic) bond motifs is 1. The first-order chi connectivity index (χ1) is 9.94. The van der Waals surface area contributed by atoms with Gasteiger partial charge in [0.25, 0.3) is 5.22 Å². The van der Waals surface area contributed by atoms with Crippen molar-refractivity contribution in [3.8, 4) is 0 Å². The highest BCUT2D eigenvalue weighted by Crippen LogP contribution is 2.25. The standard InChI is InChI=1S/C13H14ClN3O3S/c1-7(2)15-12(19)17-11(18)6-21-13-16-9-4-3-8(14)5-10(9)20-13/h3-5,7H,6H2,1-2H3,(H2,15,17,18,19). The molecule has 3 amide bonds. The minimum absolute atomic E-state index is 0.0338. The molecule has 0 saturated carbocycles. The predicted molar refractivity (Wildman–Crippen MR) is 81.6 cm³/mol. The Bertz CT molecular complexity index is 672. The number of hydrogen-bond donors (Lipinski definition) is 2. The maximum Gasteiger partial charge on any atom is 0.321 e. The Kier molecular flexibility index (Phi) is 5.08. The summed E-state index contributed by atoms with van der Waals surface area (Å²) in [5.74, 6) is -0.384. The molecule has 0 saturated heterocycles. The van der Waals surface area contributed by atoms with Gasteiger partial charge in [0.05, 0.1) is 5.75 Å². The lowest BCUT2D eigenvalue weighted by atomic mass is 10.3. The van der Waals surface area contributed by atoms with Crippen molar-refractivity contribution < 1.29 is 14.0 Å². The van der Waals surface area contributed by atoms with E-state index >= 15 is 0 Å². The van der Waals surface area contributed by atoms with Crippen LogP contribution in [0, 0.1) is 0 Å². The summed E-state index contributed by atoms with van der Waals surface area (Å²) in [7, 11) is 0. The highest BCUT2D eigenvalue weighted by Gasteiger charge is 2.12. The third-order valence-electron chi connectivity index (χ3n) is 2.33. The van der Waals surface area contributed by atoms with Gasteiger partial charge in [-0.25, -0.2) is 9.78 Å². The Morgan fingerprint density at radius 1 is 1.43 bits per heavy atom. The molecule has 0 aliphatic carbocycles. The van der Waals surface area contributed by atoms with Crippen LogP contribution in [0.1, 0.15) is 13.8 Å². The average Bonchev–Trinajstić information content (AvgIpc) is 2.77. The van der Waals surface area contributed by atoms with Crippen molar-refractivity contribution in [2.45, 2.75) is 25.1 Å². The monoisotopic (exact) mass is 327 g/mol. The highest BCUT2D eigenvalue weighted by atomic mass is 35.5. The van der Waals surface area contributed by atoms with Gasteiger partial charge in [-0.3, -0.25) is 10.1 Å². The summed E-state index contributed by atoms with van der Waals surface area (Å²) in [6.45, 7) is 3.62. The van der Waals surface area contributed by atoms with Crippen LogP contribution < -0.4 is 10.6 Å². The molecule has 112 valence electrons. The molecule has 0 radical (unpaired) electrons.